The lowest BCUT2D eigenvalue weighted by molar-refractivity contribution is 1.15. The molecule has 0 unspecified atom stereocenters. The van der Waals surface area contributed by atoms with Crippen molar-refractivity contribution in [3.63, 3.8) is 0 Å². The third-order valence-electron chi connectivity index (χ3n) is 1.93. The molecular weight excluding hydrogens is 190 g/mol. The molecule has 2 rings (SSSR count). The Hall–Kier alpha value is -2.17. The third kappa shape index (κ3) is 2.19. The number of nitrogens with one attached hydrogen (secondary N) is 1. The molecule has 3 N–H and O–H groups in total. The lowest BCUT2D eigenvalue weighted by Gasteiger charge is -2.06. The van der Waals surface area contributed by atoms with E-state index in [1.54, 1.807) is 18.5 Å². The van der Waals surface area contributed by atoms with Crippen LogP contribution < -0.4 is 11.1 Å². The number of pyridine rings is 1. The largest absolute Gasteiger partial charge is 0.384 e. The van der Waals surface area contributed by atoms with E-state index in [4.69, 9.17) is 5.73 Å². The Labute approximate surface area is 87.4 Å². The van der Waals surface area contributed by atoms with Crippen molar-refractivity contribution in [2.45, 2.75) is 6.92 Å². The number of rotatable bonds is 2. The number of nitrogens with zero attached hydrogens (tertiary/aromatic N) is 3. The summed E-state index contributed by atoms with van der Waals surface area (Å²) >= 11 is 0. The smallest absolute Gasteiger partial charge is 0.229 e. The number of anilines is 3. The third-order valence-corrected chi connectivity index (χ3v) is 1.93. The van der Waals surface area contributed by atoms with Crippen LogP contribution in [0.5, 0.6) is 0 Å². The molecule has 0 spiro atoms. The molecule has 5 nitrogen and oxygen atoms in total. The molecule has 5 heteroatoms. The van der Waals surface area contributed by atoms with Crippen LogP contribution in [0.4, 0.5) is 17.5 Å². The maximum absolute atomic E-state index is 5.54. The minimum absolute atomic E-state index is 0.439. The van der Waals surface area contributed by atoms with Crippen molar-refractivity contribution >= 4 is 17.5 Å². The van der Waals surface area contributed by atoms with Gasteiger partial charge in [-0.1, -0.05) is 0 Å². The number of nitrogen functional groups attached to an aromatic ring is 1. The highest BCUT2D eigenvalue weighted by Crippen LogP contribution is 2.15. The first-order valence-electron chi connectivity index (χ1n) is 4.53. The number of aromatic nitrogens is 3. The predicted molar refractivity (Wildman–Crippen MR) is 58.7 cm³/mol. The van der Waals surface area contributed by atoms with Crippen LogP contribution in [0.2, 0.25) is 0 Å². The van der Waals surface area contributed by atoms with Crippen LogP contribution in [0, 0.1) is 6.92 Å². The van der Waals surface area contributed by atoms with E-state index in [2.05, 4.69) is 20.3 Å². The van der Waals surface area contributed by atoms with Crippen molar-refractivity contribution < 1.29 is 0 Å². The van der Waals surface area contributed by atoms with Gasteiger partial charge in [0.2, 0.25) is 5.95 Å². The molecule has 0 radical (unpaired) electrons. The average molecular weight is 201 g/mol. The van der Waals surface area contributed by atoms with E-state index in [0.29, 0.717) is 11.8 Å². The van der Waals surface area contributed by atoms with Crippen molar-refractivity contribution in [1.29, 1.82) is 0 Å². The van der Waals surface area contributed by atoms with Gasteiger partial charge in [-0.2, -0.15) is 4.98 Å². The maximum Gasteiger partial charge on any atom is 0.229 e. The van der Waals surface area contributed by atoms with E-state index >= 15 is 0 Å². The van der Waals surface area contributed by atoms with Gasteiger partial charge in [0, 0.05) is 12.4 Å². The van der Waals surface area contributed by atoms with Crippen LogP contribution in [-0.2, 0) is 0 Å². The standard InChI is InChI=1S/C10H11N5/c1-7-8(3-2-5-12-7)14-10-13-6-4-9(11)15-10/h2-6H,1H3,(H3,11,13,14,15). The van der Waals surface area contributed by atoms with Crippen molar-refractivity contribution in [2.24, 2.45) is 0 Å². The minimum Gasteiger partial charge on any atom is -0.384 e. The molecule has 0 aromatic carbocycles. The molecule has 0 saturated carbocycles. The summed E-state index contributed by atoms with van der Waals surface area (Å²) in [6.45, 7) is 1.91. The van der Waals surface area contributed by atoms with Gasteiger partial charge in [-0.25, -0.2) is 4.98 Å². The molecule has 0 aliphatic rings. The zero-order valence-electron chi connectivity index (χ0n) is 8.31. The maximum atomic E-state index is 5.54. The first-order chi connectivity index (χ1) is 7.25. The van der Waals surface area contributed by atoms with Gasteiger partial charge >= 0.3 is 0 Å². The van der Waals surface area contributed by atoms with E-state index in [9.17, 15) is 0 Å². The van der Waals surface area contributed by atoms with Crippen LogP contribution >= 0.6 is 0 Å². The molecule has 15 heavy (non-hydrogen) atoms. The number of nitrogens with two attached hydrogens (primary N) is 1. The molecule has 0 fully saturated rings. The van der Waals surface area contributed by atoms with Crippen LogP contribution in [0.1, 0.15) is 5.69 Å². The normalized spacial score (nSPS) is 9.93. The Morgan fingerprint density at radius 3 is 2.80 bits per heavy atom. The van der Waals surface area contributed by atoms with Crippen molar-refractivity contribution in [2.75, 3.05) is 11.1 Å². The van der Waals surface area contributed by atoms with E-state index in [-0.39, 0.29) is 0 Å². The first kappa shape index (κ1) is 9.39. The molecule has 2 aromatic rings. The highest BCUT2D eigenvalue weighted by Gasteiger charge is 2.00. The van der Waals surface area contributed by atoms with E-state index in [1.807, 2.05) is 19.1 Å². The molecule has 0 saturated heterocycles. The summed E-state index contributed by atoms with van der Waals surface area (Å²) in [5.41, 5.74) is 7.31. The fourth-order valence-corrected chi connectivity index (χ4v) is 1.17. The van der Waals surface area contributed by atoms with Crippen molar-refractivity contribution in [3.8, 4) is 0 Å². The van der Waals surface area contributed by atoms with Crippen LogP contribution in [0.3, 0.4) is 0 Å². The summed E-state index contributed by atoms with van der Waals surface area (Å²) in [6.07, 6.45) is 3.34. The van der Waals surface area contributed by atoms with E-state index < -0.39 is 0 Å². The summed E-state index contributed by atoms with van der Waals surface area (Å²) in [7, 11) is 0. The Balaban J connectivity index is 2.26. The predicted octanol–water partition coefficient (Wildman–Crippen LogP) is 1.51. The van der Waals surface area contributed by atoms with Crippen molar-refractivity contribution in [3.05, 3.63) is 36.3 Å². The van der Waals surface area contributed by atoms with Gasteiger partial charge in [0.25, 0.3) is 0 Å². The summed E-state index contributed by atoms with van der Waals surface area (Å²) in [5.74, 6) is 0.917. The second kappa shape index (κ2) is 3.91. The van der Waals surface area contributed by atoms with Crippen LogP contribution in [-0.4, -0.2) is 15.0 Å². The van der Waals surface area contributed by atoms with Gasteiger partial charge in [-0.05, 0) is 25.1 Å². The van der Waals surface area contributed by atoms with E-state index in [1.165, 1.54) is 0 Å². The molecule has 0 atom stereocenters. The molecular formula is C10H11N5. The summed E-state index contributed by atoms with van der Waals surface area (Å²) in [4.78, 5) is 12.2. The SMILES string of the molecule is Cc1ncccc1Nc1nccc(N)n1. The second-order valence-corrected chi connectivity index (χ2v) is 3.07. The fourth-order valence-electron chi connectivity index (χ4n) is 1.17. The fraction of sp³-hybridized carbons (Fsp3) is 0.100. The zero-order valence-corrected chi connectivity index (χ0v) is 8.31. The number of hydrogen-bond acceptors (Lipinski definition) is 5. The summed E-state index contributed by atoms with van der Waals surface area (Å²) < 4.78 is 0. The average Bonchev–Trinajstić information content (AvgIpc) is 2.22. The van der Waals surface area contributed by atoms with Crippen LogP contribution in [0.15, 0.2) is 30.6 Å². The van der Waals surface area contributed by atoms with Gasteiger partial charge in [0.15, 0.2) is 0 Å². The molecule has 0 aliphatic carbocycles. The van der Waals surface area contributed by atoms with Gasteiger partial charge < -0.3 is 11.1 Å². The molecule has 0 bridgehead atoms. The second-order valence-electron chi connectivity index (χ2n) is 3.07. The topological polar surface area (TPSA) is 76.7 Å². The first-order valence-corrected chi connectivity index (χ1v) is 4.53. The molecule has 2 aromatic heterocycles. The Kier molecular flexibility index (Phi) is 2.45. The minimum atomic E-state index is 0.439. The highest BCUT2D eigenvalue weighted by atomic mass is 15.1. The highest BCUT2D eigenvalue weighted by molar-refractivity contribution is 5.56. The molecule has 2 heterocycles. The summed E-state index contributed by atoms with van der Waals surface area (Å²) in [6, 6.07) is 5.40. The summed E-state index contributed by atoms with van der Waals surface area (Å²) in [5, 5.41) is 3.05. The van der Waals surface area contributed by atoms with Crippen LogP contribution in [0.25, 0.3) is 0 Å². The monoisotopic (exact) mass is 201 g/mol. The Morgan fingerprint density at radius 1 is 1.20 bits per heavy atom. The van der Waals surface area contributed by atoms with Gasteiger partial charge in [-0.15, -0.1) is 0 Å². The van der Waals surface area contributed by atoms with Gasteiger partial charge in [0.05, 0.1) is 11.4 Å². The molecule has 0 amide bonds. The number of hydrogen-bond donors (Lipinski definition) is 2. The molecule has 76 valence electrons. The zero-order chi connectivity index (χ0) is 10.7. The quantitative estimate of drug-likeness (QED) is 0.770. The Bertz CT molecular complexity index is 469. The van der Waals surface area contributed by atoms with Crippen molar-refractivity contribution in [1.82, 2.24) is 15.0 Å². The van der Waals surface area contributed by atoms with E-state index in [0.717, 1.165) is 11.4 Å². The van der Waals surface area contributed by atoms with Gasteiger partial charge in [0.1, 0.15) is 5.82 Å². The van der Waals surface area contributed by atoms with Gasteiger partial charge in [-0.3, -0.25) is 4.98 Å². The lowest BCUT2D eigenvalue weighted by Crippen LogP contribution is -2.01. The molecule has 0 aliphatic heterocycles. The Morgan fingerprint density at radius 2 is 2.07 bits per heavy atom. The lowest BCUT2D eigenvalue weighted by atomic mass is 10.3. The number of aryl methyl sites for hydroxylation is 1.